The molecule has 1 saturated heterocycles. The summed E-state index contributed by atoms with van der Waals surface area (Å²) in [6.45, 7) is 0. The summed E-state index contributed by atoms with van der Waals surface area (Å²) in [5, 5.41) is -0.366. The van der Waals surface area contributed by atoms with Crippen LogP contribution in [0, 0.1) is 5.82 Å². The van der Waals surface area contributed by atoms with Gasteiger partial charge in [0.2, 0.25) is 0 Å². The Hall–Kier alpha value is 0.0300. The predicted octanol–water partition coefficient (Wildman–Crippen LogP) is 3.31. The molecule has 1 fully saturated rings. The Morgan fingerprint density at radius 3 is 2.00 bits per heavy atom. The molecule has 1 aromatic carbocycles. The van der Waals surface area contributed by atoms with Gasteiger partial charge in [-0.15, -0.1) is 0 Å². The Kier molecular flexibility index (Phi) is 3.21. The minimum Gasteiger partial charge on any atom is -0.330 e. The SMILES string of the molecule is Fc1ccc(C2OC(Br)C(Br)O2)cc1. The predicted molar refractivity (Wildman–Crippen MR) is 56.7 cm³/mol. The Labute approximate surface area is 97.6 Å². The first-order valence-corrected chi connectivity index (χ1v) is 5.84. The fourth-order valence-electron chi connectivity index (χ4n) is 1.17. The molecule has 2 unspecified atom stereocenters. The molecule has 1 aliphatic heterocycles. The van der Waals surface area contributed by atoms with Crippen molar-refractivity contribution in [1.29, 1.82) is 0 Å². The van der Waals surface area contributed by atoms with Gasteiger partial charge in [0, 0.05) is 5.56 Å². The normalized spacial score (nSPS) is 32.1. The highest BCUT2D eigenvalue weighted by Gasteiger charge is 2.33. The molecule has 1 aromatic rings. The van der Waals surface area contributed by atoms with Crippen LogP contribution in [-0.4, -0.2) is 10.0 Å². The Balaban J connectivity index is 2.13. The minimum absolute atomic E-state index is 0.183. The third-order valence-electron chi connectivity index (χ3n) is 1.86. The molecule has 0 aromatic heterocycles. The van der Waals surface area contributed by atoms with Crippen LogP contribution in [0.4, 0.5) is 4.39 Å². The summed E-state index contributed by atoms with van der Waals surface area (Å²) in [4.78, 5) is 0. The van der Waals surface area contributed by atoms with Crippen LogP contribution in [-0.2, 0) is 9.47 Å². The summed E-state index contributed by atoms with van der Waals surface area (Å²) in [5.74, 6) is -0.266. The minimum atomic E-state index is -0.440. The van der Waals surface area contributed by atoms with Crippen molar-refractivity contribution in [3.05, 3.63) is 35.6 Å². The zero-order valence-electron chi connectivity index (χ0n) is 6.99. The van der Waals surface area contributed by atoms with E-state index in [9.17, 15) is 4.39 Å². The van der Waals surface area contributed by atoms with E-state index >= 15 is 0 Å². The number of halogens is 3. The molecule has 1 aliphatic rings. The van der Waals surface area contributed by atoms with Crippen molar-refractivity contribution in [1.82, 2.24) is 0 Å². The number of rotatable bonds is 1. The van der Waals surface area contributed by atoms with Crippen LogP contribution in [0.3, 0.4) is 0 Å². The van der Waals surface area contributed by atoms with E-state index < -0.39 is 6.29 Å². The summed E-state index contributed by atoms with van der Waals surface area (Å²) in [5.41, 5.74) is 0.804. The van der Waals surface area contributed by atoms with Crippen LogP contribution in [0.5, 0.6) is 0 Å². The molecule has 76 valence electrons. The second kappa shape index (κ2) is 4.26. The molecule has 2 nitrogen and oxygen atoms in total. The highest BCUT2D eigenvalue weighted by Crippen LogP contribution is 2.36. The number of benzene rings is 1. The second-order valence-corrected chi connectivity index (χ2v) is 4.66. The first kappa shape index (κ1) is 10.5. The van der Waals surface area contributed by atoms with Crippen molar-refractivity contribution in [2.24, 2.45) is 0 Å². The van der Waals surface area contributed by atoms with Crippen molar-refractivity contribution < 1.29 is 13.9 Å². The van der Waals surface area contributed by atoms with Crippen molar-refractivity contribution in [2.75, 3.05) is 0 Å². The van der Waals surface area contributed by atoms with Crippen LogP contribution < -0.4 is 0 Å². The standard InChI is InChI=1S/C9H7Br2FO2/c10-7-8(11)14-9(13-7)5-1-3-6(12)4-2-5/h1-4,7-9H. The zero-order chi connectivity index (χ0) is 10.1. The third kappa shape index (κ3) is 2.16. The van der Waals surface area contributed by atoms with Gasteiger partial charge in [0.15, 0.2) is 16.3 Å². The molecular weight excluding hydrogens is 319 g/mol. The van der Waals surface area contributed by atoms with Gasteiger partial charge < -0.3 is 9.47 Å². The van der Waals surface area contributed by atoms with Gasteiger partial charge in [-0.05, 0) is 12.1 Å². The number of hydrogen-bond acceptors (Lipinski definition) is 2. The number of hydrogen-bond donors (Lipinski definition) is 0. The van der Waals surface area contributed by atoms with Crippen molar-refractivity contribution >= 4 is 31.9 Å². The van der Waals surface area contributed by atoms with E-state index in [1.54, 1.807) is 12.1 Å². The fraction of sp³-hybridized carbons (Fsp3) is 0.333. The summed E-state index contributed by atoms with van der Waals surface area (Å²) in [6.07, 6.45) is -0.440. The largest absolute Gasteiger partial charge is 0.330 e. The Morgan fingerprint density at radius 1 is 1.00 bits per heavy atom. The van der Waals surface area contributed by atoms with E-state index in [-0.39, 0.29) is 15.8 Å². The van der Waals surface area contributed by atoms with E-state index in [0.29, 0.717) is 0 Å². The van der Waals surface area contributed by atoms with Gasteiger partial charge >= 0.3 is 0 Å². The highest BCUT2D eigenvalue weighted by molar-refractivity contribution is 9.12. The average molecular weight is 326 g/mol. The quantitative estimate of drug-likeness (QED) is 0.737. The van der Waals surface area contributed by atoms with Crippen LogP contribution in [0.2, 0.25) is 0 Å². The topological polar surface area (TPSA) is 18.5 Å². The van der Waals surface area contributed by atoms with Crippen molar-refractivity contribution in [2.45, 2.75) is 16.3 Å². The van der Waals surface area contributed by atoms with E-state index in [2.05, 4.69) is 31.9 Å². The highest BCUT2D eigenvalue weighted by atomic mass is 79.9. The lowest BCUT2D eigenvalue weighted by atomic mass is 10.2. The first-order valence-electron chi connectivity index (χ1n) is 4.01. The van der Waals surface area contributed by atoms with Gasteiger partial charge in [-0.3, -0.25) is 0 Å². The molecule has 2 atom stereocenters. The Morgan fingerprint density at radius 2 is 1.50 bits per heavy atom. The lowest BCUT2D eigenvalue weighted by Crippen LogP contribution is -2.05. The maximum absolute atomic E-state index is 12.6. The Bertz CT molecular complexity index is 307. The average Bonchev–Trinajstić information content (AvgIpc) is 2.48. The summed E-state index contributed by atoms with van der Waals surface area (Å²) in [6, 6.07) is 6.05. The van der Waals surface area contributed by atoms with E-state index in [0.717, 1.165) is 5.56 Å². The first-order chi connectivity index (χ1) is 6.66. The molecule has 0 N–H and O–H groups in total. The van der Waals surface area contributed by atoms with E-state index in [4.69, 9.17) is 9.47 Å². The molecule has 0 amide bonds. The third-order valence-corrected chi connectivity index (χ3v) is 3.96. The molecular formula is C9H7Br2FO2. The van der Waals surface area contributed by atoms with Gasteiger partial charge in [-0.2, -0.15) is 0 Å². The van der Waals surface area contributed by atoms with Crippen LogP contribution in [0.15, 0.2) is 24.3 Å². The maximum Gasteiger partial charge on any atom is 0.186 e. The van der Waals surface area contributed by atoms with Gasteiger partial charge in [0.1, 0.15) is 5.82 Å². The van der Waals surface area contributed by atoms with Crippen LogP contribution in [0.25, 0.3) is 0 Å². The van der Waals surface area contributed by atoms with Crippen LogP contribution in [0.1, 0.15) is 11.9 Å². The van der Waals surface area contributed by atoms with Gasteiger partial charge in [0.25, 0.3) is 0 Å². The number of alkyl halides is 2. The fourth-order valence-corrected chi connectivity index (χ4v) is 1.81. The molecule has 0 bridgehead atoms. The monoisotopic (exact) mass is 324 g/mol. The maximum atomic E-state index is 12.6. The van der Waals surface area contributed by atoms with Crippen molar-refractivity contribution in [3.8, 4) is 0 Å². The number of ether oxygens (including phenoxy) is 2. The molecule has 2 rings (SSSR count). The molecule has 14 heavy (non-hydrogen) atoms. The lowest BCUT2D eigenvalue weighted by molar-refractivity contribution is -0.0505. The van der Waals surface area contributed by atoms with E-state index in [1.807, 2.05) is 0 Å². The molecule has 5 heteroatoms. The molecule has 0 spiro atoms. The molecule has 1 heterocycles. The molecule has 0 radical (unpaired) electrons. The molecule has 0 saturated carbocycles. The van der Waals surface area contributed by atoms with Crippen LogP contribution >= 0.6 is 31.9 Å². The summed E-state index contributed by atoms with van der Waals surface area (Å²) < 4.78 is 23.5. The second-order valence-electron chi connectivity index (χ2n) is 2.86. The van der Waals surface area contributed by atoms with Gasteiger partial charge in [0.05, 0.1) is 0 Å². The van der Waals surface area contributed by atoms with Crippen molar-refractivity contribution in [3.63, 3.8) is 0 Å². The van der Waals surface area contributed by atoms with Gasteiger partial charge in [-0.25, -0.2) is 4.39 Å². The smallest absolute Gasteiger partial charge is 0.186 e. The molecule has 0 aliphatic carbocycles. The summed E-state index contributed by atoms with van der Waals surface area (Å²) in [7, 11) is 0. The van der Waals surface area contributed by atoms with Gasteiger partial charge in [-0.1, -0.05) is 44.0 Å². The zero-order valence-corrected chi connectivity index (χ0v) is 10.2. The van der Waals surface area contributed by atoms with E-state index in [1.165, 1.54) is 12.1 Å². The summed E-state index contributed by atoms with van der Waals surface area (Å²) >= 11 is 6.58. The lowest BCUT2D eigenvalue weighted by Gasteiger charge is -2.08.